The Morgan fingerprint density at radius 3 is 2.67 bits per heavy atom. The summed E-state index contributed by atoms with van der Waals surface area (Å²) in [4.78, 5) is 15.5. The predicted octanol–water partition coefficient (Wildman–Crippen LogP) is 3.34. The van der Waals surface area contributed by atoms with Gasteiger partial charge in [0.2, 0.25) is 0 Å². The predicted molar refractivity (Wildman–Crippen MR) is 88.3 cm³/mol. The number of carboxylic acid groups (broad SMARTS) is 1. The van der Waals surface area contributed by atoms with Crippen LogP contribution in [0.3, 0.4) is 0 Å². The van der Waals surface area contributed by atoms with Crippen molar-refractivity contribution in [2.45, 2.75) is 13.2 Å². The van der Waals surface area contributed by atoms with E-state index in [-0.39, 0.29) is 18.1 Å². The van der Waals surface area contributed by atoms with Gasteiger partial charge in [0.15, 0.2) is 11.5 Å². The first-order valence-corrected chi connectivity index (χ1v) is 7.58. The molecule has 0 bridgehead atoms. The van der Waals surface area contributed by atoms with Gasteiger partial charge >= 0.3 is 5.97 Å². The topological polar surface area (TPSA) is 77.2 Å². The van der Waals surface area contributed by atoms with E-state index >= 15 is 0 Å². The normalized spacial score (nSPS) is 10.7. The summed E-state index contributed by atoms with van der Waals surface area (Å²) in [7, 11) is 0. The third-order valence-electron chi connectivity index (χ3n) is 3.28. The van der Waals surface area contributed by atoms with Crippen LogP contribution in [-0.2, 0) is 18.0 Å². The molecule has 1 N–H and O–H groups in total. The van der Waals surface area contributed by atoms with Crippen LogP contribution in [0.2, 0.25) is 5.02 Å². The Kier molecular flexibility index (Phi) is 4.88. The molecular weight excluding hydrogens is 330 g/mol. The number of nitrogens with zero attached hydrogens (tertiary/aromatic N) is 3. The molecule has 0 fully saturated rings. The van der Waals surface area contributed by atoms with Crippen LogP contribution in [0.4, 0.5) is 0 Å². The number of aromatic nitrogens is 3. The fourth-order valence-electron chi connectivity index (χ4n) is 2.20. The Hall–Kier alpha value is -2.70. The van der Waals surface area contributed by atoms with Gasteiger partial charge < -0.3 is 9.84 Å². The number of benzene rings is 1. The fraction of sp³-hybridized carbons (Fsp3) is 0.118. The van der Waals surface area contributed by atoms with Gasteiger partial charge in [0.25, 0.3) is 0 Å². The number of ether oxygens (including phenoxy) is 1. The molecule has 2 heterocycles. The van der Waals surface area contributed by atoms with Crippen LogP contribution >= 0.6 is 11.6 Å². The van der Waals surface area contributed by atoms with Crippen LogP contribution in [0.25, 0.3) is 5.82 Å². The number of halogens is 1. The molecule has 122 valence electrons. The maximum atomic E-state index is 11.4. The number of hydrogen-bond acceptors (Lipinski definition) is 4. The number of aromatic carboxylic acids is 1. The molecule has 0 aliphatic carbocycles. The van der Waals surface area contributed by atoms with Crippen LogP contribution in [0.1, 0.15) is 21.7 Å². The SMILES string of the molecule is O=C(O)c1cc(COCc2ccccc2)nn1-c1ncccc1Cl. The second kappa shape index (κ2) is 7.25. The van der Waals surface area contributed by atoms with Crippen LogP contribution in [0.15, 0.2) is 54.7 Å². The quantitative estimate of drug-likeness (QED) is 0.742. The Morgan fingerprint density at radius 2 is 1.96 bits per heavy atom. The minimum Gasteiger partial charge on any atom is -0.477 e. The minimum absolute atomic E-state index is 0.0195. The smallest absolute Gasteiger partial charge is 0.354 e. The number of rotatable bonds is 6. The zero-order valence-corrected chi connectivity index (χ0v) is 13.3. The Labute approximate surface area is 143 Å². The summed E-state index contributed by atoms with van der Waals surface area (Å²) in [5.41, 5.74) is 1.50. The van der Waals surface area contributed by atoms with E-state index in [1.165, 1.54) is 16.9 Å². The highest BCUT2D eigenvalue weighted by molar-refractivity contribution is 6.32. The average Bonchev–Trinajstić information content (AvgIpc) is 3.00. The van der Waals surface area contributed by atoms with E-state index in [4.69, 9.17) is 16.3 Å². The molecule has 0 aliphatic heterocycles. The summed E-state index contributed by atoms with van der Waals surface area (Å²) in [5, 5.41) is 13.9. The summed E-state index contributed by atoms with van der Waals surface area (Å²) in [6, 6.07) is 14.4. The molecule has 0 saturated carbocycles. The molecule has 0 amide bonds. The van der Waals surface area contributed by atoms with Gasteiger partial charge in [0.1, 0.15) is 0 Å². The van der Waals surface area contributed by atoms with E-state index < -0.39 is 5.97 Å². The highest BCUT2D eigenvalue weighted by Gasteiger charge is 2.18. The number of pyridine rings is 1. The maximum Gasteiger partial charge on any atom is 0.354 e. The van der Waals surface area contributed by atoms with Crippen molar-refractivity contribution in [3.05, 3.63) is 76.7 Å². The molecule has 0 radical (unpaired) electrons. The largest absolute Gasteiger partial charge is 0.477 e. The van der Waals surface area contributed by atoms with Gasteiger partial charge in [-0.1, -0.05) is 41.9 Å². The molecule has 1 aromatic carbocycles. The van der Waals surface area contributed by atoms with Crippen LogP contribution in [-0.4, -0.2) is 25.8 Å². The Morgan fingerprint density at radius 1 is 1.17 bits per heavy atom. The molecular formula is C17H14ClN3O3. The monoisotopic (exact) mass is 343 g/mol. The Bertz CT molecular complexity index is 849. The zero-order valence-electron chi connectivity index (χ0n) is 12.6. The minimum atomic E-state index is -1.11. The van der Waals surface area contributed by atoms with Gasteiger partial charge in [-0.15, -0.1) is 0 Å². The first-order chi connectivity index (χ1) is 11.6. The second-order valence-corrected chi connectivity index (χ2v) is 5.43. The van der Waals surface area contributed by atoms with Crippen molar-refractivity contribution in [2.24, 2.45) is 0 Å². The van der Waals surface area contributed by atoms with Crippen molar-refractivity contribution in [1.82, 2.24) is 14.8 Å². The van der Waals surface area contributed by atoms with Gasteiger partial charge in [-0.25, -0.2) is 14.5 Å². The summed E-state index contributed by atoms with van der Waals surface area (Å²) in [6.45, 7) is 0.604. The zero-order chi connectivity index (χ0) is 16.9. The van der Waals surface area contributed by atoms with Crippen LogP contribution < -0.4 is 0 Å². The Balaban J connectivity index is 1.79. The van der Waals surface area contributed by atoms with E-state index in [0.717, 1.165) is 5.56 Å². The highest BCUT2D eigenvalue weighted by Crippen LogP contribution is 2.19. The molecule has 0 atom stereocenters. The van der Waals surface area contributed by atoms with Crippen LogP contribution in [0, 0.1) is 0 Å². The summed E-state index contributed by atoms with van der Waals surface area (Å²) < 4.78 is 6.81. The fourth-order valence-corrected chi connectivity index (χ4v) is 2.40. The number of hydrogen-bond donors (Lipinski definition) is 1. The van der Waals surface area contributed by atoms with Crippen molar-refractivity contribution < 1.29 is 14.6 Å². The summed E-state index contributed by atoms with van der Waals surface area (Å²) in [6.07, 6.45) is 1.53. The van der Waals surface area contributed by atoms with Gasteiger partial charge in [-0.2, -0.15) is 5.10 Å². The van der Waals surface area contributed by atoms with Crippen LogP contribution in [0.5, 0.6) is 0 Å². The highest BCUT2D eigenvalue weighted by atomic mass is 35.5. The standard InChI is InChI=1S/C17H14ClN3O3/c18-14-7-4-8-19-16(14)21-15(17(22)23)9-13(20-21)11-24-10-12-5-2-1-3-6-12/h1-9H,10-11H2,(H,22,23). The van der Waals surface area contributed by atoms with E-state index in [1.807, 2.05) is 30.3 Å². The molecule has 0 aliphatic rings. The third-order valence-corrected chi connectivity index (χ3v) is 3.58. The van der Waals surface area contributed by atoms with Gasteiger partial charge in [-0.3, -0.25) is 0 Å². The number of carboxylic acids is 1. The summed E-state index contributed by atoms with van der Waals surface area (Å²) >= 11 is 6.08. The molecule has 3 rings (SSSR count). The first kappa shape index (κ1) is 16.2. The molecule has 6 nitrogen and oxygen atoms in total. The number of carbonyl (C=O) groups is 1. The lowest BCUT2D eigenvalue weighted by Crippen LogP contribution is -2.09. The van der Waals surface area contributed by atoms with Gasteiger partial charge in [-0.05, 0) is 23.8 Å². The van der Waals surface area contributed by atoms with Crippen molar-refractivity contribution in [1.29, 1.82) is 0 Å². The van der Waals surface area contributed by atoms with Gasteiger partial charge in [0.05, 0.1) is 23.9 Å². The molecule has 2 aromatic heterocycles. The average molecular weight is 344 g/mol. The molecule has 24 heavy (non-hydrogen) atoms. The van der Waals surface area contributed by atoms with E-state index in [9.17, 15) is 9.90 Å². The van der Waals surface area contributed by atoms with E-state index in [2.05, 4.69) is 10.1 Å². The van der Waals surface area contributed by atoms with Gasteiger partial charge in [0, 0.05) is 6.20 Å². The maximum absolute atomic E-state index is 11.4. The van der Waals surface area contributed by atoms with Crippen molar-refractivity contribution in [3.63, 3.8) is 0 Å². The lowest BCUT2D eigenvalue weighted by molar-refractivity contribution is 0.0687. The van der Waals surface area contributed by atoms with Crippen molar-refractivity contribution in [3.8, 4) is 5.82 Å². The summed E-state index contributed by atoms with van der Waals surface area (Å²) in [5.74, 6) is -0.843. The third kappa shape index (κ3) is 3.61. The molecule has 0 unspecified atom stereocenters. The molecule has 3 aromatic rings. The van der Waals surface area contributed by atoms with E-state index in [0.29, 0.717) is 17.3 Å². The first-order valence-electron chi connectivity index (χ1n) is 7.20. The van der Waals surface area contributed by atoms with Crippen molar-refractivity contribution in [2.75, 3.05) is 0 Å². The molecule has 7 heteroatoms. The lowest BCUT2D eigenvalue weighted by atomic mass is 10.2. The van der Waals surface area contributed by atoms with Crippen molar-refractivity contribution >= 4 is 17.6 Å². The molecule has 0 spiro atoms. The van der Waals surface area contributed by atoms with E-state index in [1.54, 1.807) is 12.1 Å². The second-order valence-electron chi connectivity index (χ2n) is 5.03. The molecule has 0 saturated heterocycles. The lowest BCUT2D eigenvalue weighted by Gasteiger charge is -2.05.